The van der Waals surface area contributed by atoms with Crippen LogP contribution < -0.4 is 10.6 Å². The Bertz CT molecular complexity index is 404. The Morgan fingerprint density at radius 2 is 2.33 bits per heavy atom. The third-order valence-corrected chi connectivity index (χ3v) is 3.52. The molecule has 1 aliphatic rings. The molecule has 1 aliphatic heterocycles. The van der Waals surface area contributed by atoms with E-state index in [4.69, 9.17) is 0 Å². The van der Waals surface area contributed by atoms with E-state index < -0.39 is 5.82 Å². The topological polar surface area (TPSA) is 41.1 Å². The van der Waals surface area contributed by atoms with Crippen molar-refractivity contribution >= 4 is 34.2 Å². The average Bonchev–Trinajstić information content (AvgIpc) is 2.79. The minimum Gasteiger partial charge on any atom is -0.350 e. The van der Waals surface area contributed by atoms with Crippen molar-refractivity contribution in [1.29, 1.82) is 0 Å². The molecule has 2 N–H and O–H groups in total. The fraction of sp³-hybridized carbons (Fsp3) is 0.417. The Morgan fingerprint density at radius 1 is 1.56 bits per heavy atom. The van der Waals surface area contributed by atoms with Gasteiger partial charge in [0.15, 0.2) is 0 Å². The van der Waals surface area contributed by atoms with E-state index in [9.17, 15) is 9.18 Å². The van der Waals surface area contributed by atoms with Crippen LogP contribution in [0, 0.1) is 5.82 Å². The molecule has 0 aromatic heterocycles. The van der Waals surface area contributed by atoms with E-state index in [1.54, 1.807) is 12.1 Å². The minimum absolute atomic E-state index is 0. The number of hydrogen-bond acceptors (Lipinski definition) is 2. The van der Waals surface area contributed by atoms with Gasteiger partial charge in [0.25, 0.3) is 5.91 Å². The van der Waals surface area contributed by atoms with Gasteiger partial charge >= 0.3 is 0 Å². The van der Waals surface area contributed by atoms with Gasteiger partial charge in [0, 0.05) is 17.1 Å². The predicted octanol–water partition coefficient (Wildman–Crippen LogP) is 2.49. The predicted molar refractivity (Wildman–Crippen MR) is 74.7 cm³/mol. The van der Waals surface area contributed by atoms with Gasteiger partial charge in [-0.1, -0.05) is 6.07 Å². The van der Waals surface area contributed by atoms with E-state index in [2.05, 4.69) is 26.6 Å². The molecule has 100 valence electrons. The van der Waals surface area contributed by atoms with E-state index in [0.717, 1.165) is 19.4 Å². The first-order valence-corrected chi connectivity index (χ1v) is 6.43. The summed E-state index contributed by atoms with van der Waals surface area (Å²) in [5.74, 6) is -0.875. The Morgan fingerprint density at radius 3 is 2.94 bits per heavy atom. The standard InChI is InChI=1S/C12H14BrFN2O.ClH/c13-9-4-1-5-10(14)11(9)12(17)16-7-8-3-2-6-15-8;/h1,4-5,8,15H,2-3,6-7H2,(H,16,17);1H. The zero-order chi connectivity index (χ0) is 12.3. The molecule has 1 amide bonds. The van der Waals surface area contributed by atoms with Gasteiger partial charge in [0.2, 0.25) is 0 Å². The van der Waals surface area contributed by atoms with Gasteiger partial charge in [0.1, 0.15) is 5.82 Å². The number of carbonyl (C=O) groups is 1. The van der Waals surface area contributed by atoms with Gasteiger partial charge in [-0.3, -0.25) is 4.79 Å². The monoisotopic (exact) mass is 336 g/mol. The van der Waals surface area contributed by atoms with Gasteiger partial charge in [-0.15, -0.1) is 12.4 Å². The van der Waals surface area contributed by atoms with E-state index in [1.807, 2.05) is 0 Å². The molecule has 0 saturated carbocycles. The fourth-order valence-electron chi connectivity index (χ4n) is 1.95. The lowest BCUT2D eigenvalue weighted by molar-refractivity contribution is 0.0945. The van der Waals surface area contributed by atoms with Crippen molar-refractivity contribution in [3.8, 4) is 0 Å². The highest BCUT2D eigenvalue weighted by molar-refractivity contribution is 9.10. The Labute approximate surface area is 120 Å². The van der Waals surface area contributed by atoms with Crippen LogP contribution >= 0.6 is 28.3 Å². The highest BCUT2D eigenvalue weighted by Gasteiger charge is 2.18. The maximum Gasteiger partial charge on any atom is 0.255 e. The summed E-state index contributed by atoms with van der Waals surface area (Å²) < 4.78 is 14.0. The molecule has 0 bridgehead atoms. The number of halogens is 3. The first-order chi connectivity index (χ1) is 8.18. The Hall–Kier alpha value is -0.650. The van der Waals surface area contributed by atoms with E-state index in [0.29, 0.717) is 17.1 Å². The van der Waals surface area contributed by atoms with E-state index in [-0.39, 0.29) is 23.9 Å². The van der Waals surface area contributed by atoms with Crippen molar-refractivity contribution in [1.82, 2.24) is 10.6 Å². The SMILES string of the molecule is Cl.O=C(NCC1CCCN1)c1c(F)cccc1Br. The lowest BCUT2D eigenvalue weighted by atomic mass is 10.2. The number of nitrogens with one attached hydrogen (secondary N) is 2. The molecule has 6 heteroatoms. The van der Waals surface area contributed by atoms with Crippen molar-refractivity contribution in [3.63, 3.8) is 0 Å². The number of hydrogen-bond donors (Lipinski definition) is 2. The maximum absolute atomic E-state index is 13.5. The maximum atomic E-state index is 13.5. The first-order valence-electron chi connectivity index (χ1n) is 5.64. The van der Waals surface area contributed by atoms with Gasteiger partial charge in [-0.05, 0) is 47.4 Å². The van der Waals surface area contributed by atoms with Gasteiger partial charge < -0.3 is 10.6 Å². The van der Waals surface area contributed by atoms with Gasteiger partial charge in [0.05, 0.1) is 5.56 Å². The quantitative estimate of drug-likeness (QED) is 0.890. The van der Waals surface area contributed by atoms with Crippen LogP contribution in [0.4, 0.5) is 4.39 Å². The van der Waals surface area contributed by atoms with Crippen LogP contribution in [-0.4, -0.2) is 25.0 Å². The fourth-order valence-corrected chi connectivity index (χ4v) is 2.47. The van der Waals surface area contributed by atoms with E-state index >= 15 is 0 Å². The molecule has 0 spiro atoms. The molecule has 1 heterocycles. The van der Waals surface area contributed by atoms with Crippen LogP contribution in [0.15, 0.2) is 22.7 Å². The molecule has 0 radical (unpaired) electrons. The molecule has 3 nitrogen and oxygen atoms in total. The molecule has 18 heavy (non-hydrogen) atoms. The molecule has 2 rings (SSSR count). The number of benzene rings is 1. The highest BCUT2D eigenvalue weighted by Crippen LogP contribution is 2.19. The summed E-state index contributed by atoms with van der Waals surface area (Å²) in [4.78, 5) is 11.8. The highest BCUT2D eigenvalue weighted by atomic mass is 79.9. The molecule has 1 aromatic rings. The first kappa shape index (κ1) is 15.4. The van der Waals surface area contributed by atoms with E-state index in [1.165, 1.54) is 6.07 Å². The lowest BCUT2D eigenvalue weighted by Crippen LogP contribution is -2.37. The molecule has 1 aromatic carbocycles. The van der Waals surface area contributed by atoms with Crippen molar-refractivity contribution in [2.75, 3.05) is 13.1 Å². The second-order valence-corrected chi connectivity index (χ2v) is 4.95. The molecule has 1 saturated heterocycles. The summed E-state index contributed by atoms with van der Waals surface area (Å²) in [5, 5.41) is 6.02. The second kappa shape index (κ2) is 7.07. The summed E-state index contributed by atoms with van der Waals surface area (Å²) in [6.45, 7) is 1.53. The number of rotatable bonds is 3. The third-order valence-electron chi connectivity index (χ3n) is 2.86. The van der Waals surface area contributed by atoms with Crippen molar-refractivity contribution in [2.24, 2.45) is 0 Å². The number of amides is 1. The summed E-state index contributed by atoms with van der Waals surface area (Å²) in [7, 11) is 0. The minimum atomic E-state index is -0.503. The zero-order valence-corrected chi connectivity index (χ0v) is 12.1. The average molecular weight is 338 g/mol. The summed E-state index contributed by atoms with van der Waals surface area (Å²) in [5.41, 5.74) is 0.0745. The zero-order valence-electron chi connectivity index (χ0n) is 9.71. The molecule has 1 atom stereocenters. The summed E-state index contributed by atoms with van der Waals surface area (Å²) in [6.07, 6.45) is 2.18. The van der Waals surface area contributed by atoms with Crippen molar-refractivity contribution in [3.05, 3.63) is 34.1 Å². The summed E-state index contributed by atoms with van der Waals surface area (Å²) in [6, 6.07) is 4.82. The Kier molecular flexibility index (Phi) is 6.05. The molecular weight excluding hydrogens is 322 g/mol. The molecular formula is C12H15BrClFN2O. The smallest absolute Gasteiger partial charge is 0.255 e. The largest absolute Gasteiger partial charge is 0.350 e. The van der Waals surface area contributed by atoms with Gasteiger partial charge in [-0.2, -0.15) is 0 Å². The summed E-state index contributed by atoms with van der Waals surface area (Å²) >= 11 is 3.18. The van der Waals surface area contributed by atoms with Crippen LogP contribution in [0.5, 0.6) is 0 Å². The van der Waals surface area contributed by atoms with Crippen LogP contribution in [-0.2, 0) is 0 Å². The van der Waals surface area contributed by atoms with Crippen LogP contribution in [0.1, 0.15) is 23.2 Å². The lowest BCUT2D eigenvalue weighted by Gasteiger charge is -2.12. The third kappa shape index (κ3) is 3.67. The van der Waals surface area contributed by atoms with Crippen LogP contribution in [0.25, 0.3) is 0 Å². The second-order valence-electron chi connectivity index (χ2n) is 4.10. The van der Waals surface area contributed by atoms with Crippen molar-refractivity contribution in [2.45, 2.75) is 18.9 Å². The molecule has 0 aliphatic carbocycles. The Balaban J connectivity index is 0.00000162. The van der Waals surface area contributed by atoms with Crippen LogP contribution in [0.2, 0.25) is 0 Å². The molecule has 1 unspecified atom stereocenters. The molecule has 1 fully saturated rings. The van der Waals surface area contributed by atoms with Crippen molar-refractivity contribution < 1.29 is 9.18 Å². The normalized spacial score (nSPS) is 18.2. The number of carbonyl (C=O) groups excluding carboxylic acids is 1. The van der Waals surface area contributed by atoms with Crippen LogP contribution in [0.3, 0.4) is 0 Å². The van der Waals surface area contributed by atoms with Gasteiger partial charge in [-0.25, -0.2) is 4.39 Å².